The summed E-state index contributed by atoms with van der Waals surface area (Å²) in [6.45, 7) is 8.83. The number of amides is 2. The van der Waals surface area contributed by atoms with E-state index in [1.54, 1.807) is 18.3 Å². The Morgan fingerprint density at radius 2 is 1.54 bits per heavy atom. The molecule has 3 aliphatic carbocycles. The first-order chi connectivity index (χ1) is 18.6. The van der Waals surface area contributed by atoms with Gasteiger partial charge in [0.25, 0.3) is 0 Å². The molecule has 6 unspecified atom stereocenters. The molecule has 9 nitrogen and oxygen atoms in total. The summed E-state index contributed by atoms with van der Waals surface area (Å²) in [7, 11) is -1.86. The second-order valence-corrected chi connectivity index (χ2v) is 14.4. The summed E-state index contributed by atoms with van der Waals surface area (Å²) in [5, 5.41) is -0.550. The van der Waals surface area contributed by atoms with Gasteiger partial charge in [-0.1, -0.05) is 20.3 Å². The van der Waals surface area contributed by atoms with Gasteiger partial charge in [0, 0.05) is 39.7 Å². The van der Waals surface area contributed by atoms with Gasteiger partial charge in [0.2, 0.25) is 15.9 Å². The van der Waals surface area contributed by atoms with Crippen molar-refractivity contribution in [1.29, 1.82) is 0 Å². The molecule has 0 radical (unpaired) electrons. The molecule has 0 bridgehead atoms. The third-order valence-electron chi connectivity index (χ3n) is 10.1. The maximum atomic E-state index is 13.6. The van der Waals surface area contributed by atoms with E-state index in [1.807, 2.05) is 30.6 Å². The highest BCUT2D eigenvalue weighted by Crippen LogP contribution is 2.45. The smallest absolute Gasteiger partial charge is 0.410 e. The number of carbonyl (C=O) groups is 2. The average Bonchev–Trinajstić information content (AvgIpc) is 2.92. The molecule has 4 aliphatic rings. The van der Waals surface area contributed by atoms with Crippen LogP contribution in [0, 0.1) is 11.8 Å². The van der Waals surface area contributed by atoms with Crippen LogP contribution in [-0.4, -0.2) is 96.9 Å². The maximum absolute atomic E-state index is 13.6. The number of rotatable bonds is 7. The summed E-state index contributed by atoms with van der Waals surface area (Å²) in [6.07, 6.45) is 9.47. The van der Waals surface area contributed by atoms with Crippen molar-refractivity contribution in [3.05, 3.63) is 0 Å². The summed E-state index contributed by atoms with van der Waals surface area (Å²) < 4.78 is 40.5. The monoisotopic (exact) mass is 569 g/mol. The summed E-state index contributed by atoms with van der Waals surface area (Å²) in [4.78, 5) is 30.1. The number of carbonyl (C=O) groups excluding carboxylic acids is 2. The maximum Gasteiger partial charge on any atom is 0.410 e. The Labute approximate surface area is 236 Å². The van der Waals surface area contributed by atoms with E-state index in [-0.39, 0.29) is 48.3 Å². The molecule has 7 atom stereocenters. The first-order valence-electron chi connectivity index (χ1n) is 15.4. The SMILES string of the molecule is CCN(CC)S(=O)(=O)C1CC(C2CCC3C(C2)N(C(=O)OC2CCCCC2)C[C@H](C)N3C(C)=O)CCC1OC. The van der Waals surface area contributed by atoms with Crippen molar-refractivity contribution in [2.45, 2.75) is 134 Å². The van der Waals surface area contributed by atoms with Crippen LogP contribution in [0.3, 0.4) is 0 Å². The number of piperazine rings is 1. The highest BCUT2D eigenvalue weighted by molar-refractivity contribution is 7.89. The Bertz CT molecular complexity index is 951. The minimum Gasteiger partial charge on any atom is -0.446 e. The van der Waals surface area contributed by atoms with Gasteiger partial charge in [-0.15, -0.1) is 0 Å². The third kappa shape index (κ3) is 6.43. The lowest BCUT2D eigenvalue weighted by Gasteiger charge is -2.54. The van der Waals surface area contributed by atoms with Crippen LogP contribution < -0.4 is 0 Å². The number of sulfonamides is 1. The lowest BCUT2D eigenvalue weighted by molar-refractivity contribution is -0.143. The number of fused-ring (bicyclic) bond motifs is 1. The van der Waals surface area contributed by atoms with Crippen LogP contribution in [-0.2, 0) is 24.3 Å². The summed E-state index contributed by atoms with van der Waals surface area (Å²) >= 11 is 0. The zero-order valence-corrected chi connectivity index (χ0v) is 25.5. The van der Waals surface area contributed by atoms with Gasteiger partial charge in [0.05, 0.1) is 18.2 Å². The van der Waals surface area contributed by atoms with Crippen LogP contribution in [0.5, 0.6) is 0 Å². The molecule has 2 amide bonds. The summed E-state index contributed by atoms with van der Waals surface area (Å²) in [5.41, 5.74) is 0. The van der Waals surface area contributed by atoms with Crippen LogP contribution >= 0.6 is 0 Å². The van der Waals surface area contributed by atoms with Gasteiger partial charge in [0.1, 0.15) is 11.4 Å². The number of hydrogen-bond acceptors (Lipinski definition) is 6. The van der Waals surface area contributed by atoms with E-state index in [0.29, 0.717) is 32.0 Å². The minimum atomic E-state index is -3.48. The van der Waals surface area contributed by atoms with E-state index >= 15 is 0 Å². The largest absolute Gasteiger partial charge is 0.446 e. The first-order valence-corrected chi connectivity index (χ1v) is 16.9. The fourth-order valence-corrected chi connectivity index (χ4v) is 10.4. The molecular formula is C29H51N3O6S. The number of nitrogens with zero attached hydrogens (tertiary/aromatic N) is 3. The Kier molecular flexibility index (Phi) is 10.2. The average molecular weight is 570 g/mol. The van der Waals surface area contributed by atoms with Gasteiger partial charge in [-0.05, 0) is 83.0 Å². The van der Waals surface area contributed by atoms with E-state index < -0.39 is 15.3 Å². The van der Waals surface area contributed by atoms with Crippen molar-refractivity contribution < 1.29 is 27.5 Å². The Morgan fingerprint density at radius 3 is 2.15 bits per heavy atom. The molecule has 1 heterocycles. The molecule has 0 aromatic rings. The molecule has 0 spiro atoms. The van der Waals surface area contributed by atoms with Gasteiger partial charge < -0.3 is 19.3 Å². The Balaban J connectivity index is 1.53. The fraction of sp³-hybridized carbons (Fsp3) is 0.931. The predicted octanol–water partition coefficient (Wildman–Crippen LogP) is 4.40. The molecule has 1 aliphatic heterocycles. The van der Waals surface area contributed by atoms with E-state index in [9.17, 15) is 18.0 Å². The fourth-order valence-electron chi connectivity index (χ4n) is 8.15. The Hall–Kier alpha value is -1.39. The number of hydrogen-bond donors (Lipinski definition) is 0. The zero-order chi connectivity index (χ0) is 28.3. The van der Waals surface area contributed by atoms with Crippen molar-refractivity contribution in [1.82, 2.24) is 14.1 Å². The van der Waals surface area contributed by atoms with Crippen molar-refractivity contribution >= 4 is 22.0 Å². The quantitative estimate of drug-likeness (QED) is 0.451. The second kappa shape index (κ2) is 13.1. The van der Waals surface area contributed by atoms with Crippen LogP contribution in [0.4, 0.5) is 4.79 Å². The molecule has 0 aromatic heterocycles. The van der Waals surface area contributed by atoms with Crippen molar-refractivity contribution in [3.8, 4) is 0 Å². The van der Waals surface area contributed by atoms with Crippen molar-refractivity contribution in [2.24, 2.45) is 11.8 Å². The van der Waals surface area contributed by atoms with Crippen molar-refractivity contribution in [2.75, 3.05) is 26.7 Å². The molecule has 0 N–H and O–H groups in total. The third-order valence-corrected chi connectivity index (χ3v) is 12.6. The predicted molar refractivity (Wildman–Crippen MR) is 151 cm³/mol. The van der Waals surface area contributed by atoms with E-state index in [4.69, 9.17) is 9.47 Å². The van der Waals surface area contributed by atoms with Crippen molar-refractivity contribution in [3.63, 3.8) is 0 Å². The second-order valence-electron chi connectivity index (χ2n) is 12.3. The lowest BCUT2D eigenvalue weighted by atomic mass is 9.69. The summed E-state index contributed by atoms with van der Waals surface area (Å²) in [5.74, 6) is 0.599. The molecule has 39 heavy (non-hydrogen) atoms. The standard InChI is InChI=1S/C29H51N3O6S/c1-6-30(7-2)39(35,36)28-18-23(14-16-27(28)37-5)22-13-15-25-26(17-22)31(19-20(3)32(25)21(4)33)29(34)38-24-11-9-8-10-12-24/h20,22-28H,6-19H2,1-5H3/t20-,22?,23?,25?,26?,27?,28?/m0/s1. The van der Waals surface area contributed by atoms with E-state index in [1.165, 1.54) is 6.42 Å². The first kappa shape index (κ1) is 30.6. The molecule has 4 rings (SSSR count). The zero-order valence-electron chi connectivity index (χ0n) is 24.7. The highest BCUT2D eigenvalue weighted by atomic mass is 32.2. The summed E-state index contributed by atoms with van der Waals surface area (Å²) in [6, 6.07) is -0.176. The molecule has 3 saturated carbocycles. The van der Waals surface area contributed by atoms with E-state index in [0.717, 1.165) is 57.8 Å². The normalized spacial score (nSPS) is 34.6. The molecule has 10 heteroatoms. The van der Waals surface area contributed by atoms with Gasteiger partial charge in [0.15, 0.2) is 0 Å². The van der Waals surface area contributed by atoms with Crippen LogP contribution in [0.2, 0.25) is 0 Å². The lowest BCUT2D eigenvalue weighted by Crippen LogP contribution is -2.67. The minimum absolute atomic E-state index is 0.0133. The molecule has 224 valence electrons. The molecular weight excluding hydrogens is 518 g/mol. The van der Waals surface area contributed by atoms with Gasteiger partial charge in [-0.3, -0.25) is 4.79 Å². The molecule has 0 aromatic carbocycles. The van der Waals surface area contributed by atoms with Crippen LogP contribution in [0.25, 0.3) is 0 Å². The molecule has 4 fully saturated rings. The highest BCUT2D eigenvalue weighted by Gasteiger charge is 2.50. The van der Waals surface area contributed by atoms with Gasteiger partial charge in [-0.2, -0.15) is 0 Å². The van der Waals surface area contributed by atoms with Crippen LogP contribution in [0.1, 0.15) is 98.3 Å². The topological polar surface area (TPSA) is 96.5 Å². The van der Waals surface area contributed by atoms with Gasteiger partial charge >= 0.3 is 6.09 Å². The molecule has 1 saturated heterocycles. The van der Waals surface area contributed by atoms with Gasteiger partial charge in [-0.25, -0.2) is 17.5 Å². The number of methoxy groups -OCH3 is 1. The Morgan fingerprint density at radius 1 is 0.897 bits per heavy atom. The van der Waals surface area contributed by atoms with E-state index in [2.05, 4.69) is 0 Å². The number of ether oxygens (including phenoxy) is 2. The van der Waals surface area contributed by atoms with Crippen LogP contribution in [0.15, 0.2) is 0 Å².